The lowest BCUT2D eigenvalue weighted by atomic mass is 10.0. The second-order valence-electron chi connectivity index (χ2n) is 2.82. The molecule has 1 nitrogen and oxygen atoms in total. The van der Waals surface area contributed by atoms with E-state index >= 15 is 0 Å². The molecule has 0 bridgehead atoms. The van der Waals surface area contributed by atoms with Gasteiger partial charge in [-0.15, -0.1) is 24.0 Å². The fourth-order valence-electron chi connectivity index (χ4n) is 1.43. The Morgan fingerprint density at radius 3 is 3.09 bits per heavy atom. The van der Waals surface area contributed by atoms with Crippen molar-refractivity contribution < 1.29 is 4.11 Å². The van der Waals surface area contributed by atoms with Gasteiger partial charge >= 0.3 is 0 Å². The molecule has 1 atom stereocenters. The monoisotopic (exact) mass is 200 g/mol. The number of piperidine rings is 1. The molecule has 0 aromatic heterocycles. The maximum absolute atomic E-state index is 7.35. The third-order valence-corrected chi connectivity index (χ3v) is 2.29. The Labute approximate surface area is 84.7 Å². The van der Waals surface area contributed by atoms with E-state index in [0.29, 0.717) is 12.4 Å². The molecular formula is C8H17Cl2N. The molecule has 0 saturated carbocycles. The van der Waals surface area contributed by atoms with Crippen LogP contribution in [-0.4, -0.2) is 30.3 Å². The summed E-state index contributed by atoms with van der Waals surface area (Å²) in [4.78, 5) is 1.62. The second-order valence-corrected chi connectivity index (χ2v) is 3.20. The van der Waals surface area contributed by atoms with Crippen LogP contribution in [0.2, 0.25) is 0 Å². The summed E-state index contributed by atoms with van der Waals surface area (Å²) in [5, 5.41) is 0. The Morgan fingerprint density at radius 2 is 2.45 bits per heavy atom. The molecule has 1 unspecified atom stereocenters. The topological polar surface area (TPSA) is 3.24 Å². The van der Waals surface area contributed by atoms with Crippen LogP contribution < -0.4 is 0 Å². The average Bonchev–Trinajstić information content (AvgIpc) is 2.04. The number of alkyl halides is 1. The third kappa shape index (κ3) is 3.64. The van der Waals surface area contributed by atoms with Crippen LogP contribution in [0.25, 0.3) is 0 Å². The molecule has 1 aliphatic rings. The van der Waals surface area contributed by atoms with Gasteiger partial charge in [-0.05, 0) is 32.8 Å². The van der Waals surface area contributed by atoms with Crippen molar-refractivity contribution >= 4 is 24.0 Å². The lowest BCUT2D eigenvalue weighted by molar-refractivity contribution is 0.182. The van der Waals surface area contributed by atoms with Gasteiger partial charge in [-0.2, -0.15) is 0 Å². The van der Waals surface area contributed by atoms with E-state index in [0.717, 1.165) is 25.7 Å². The van der Waals surface area contributed by atoms with Gasteiger partial charge in [0.1, 0.15) is 0 Å². The van der Waals surface area contributed by atoms with Gasteiger partial charge in [-0.3, -0.25) is 0 Å². The van der Waals surface area contributed by atoms with Crippen LogP contribution in [-0.2, 0) is 0 Å². The first-order chi connectivity index (χ1) is 6.05. The quantitative estimate of drug-likeness (QED) is 0.620. The zero-order valence-corrected chi connectivity index (χ0v) is 8.13. The summed E-state index contributed by atoms with van der Waals surface area (Å²) < 4.78 is 22.1. The molecule has 0 N–H and O–H groups in total. The van der Waals surface area contributed by atoms with E-state index in [1.807, 2.05) is 0 Å². The fourth-order valence-corrected chi connectivity index (χ4v) is 1.68. The number of hydrogen-bond acceptors (Lipinski definition) is 1. The molecule has 1 rings (SSSR count). The Hall–Kier alpha value is 0.540. The second kappa shape index (κ2) is 6.10. The number of nitrogens with zero attached hydrogens (tertiary/aromatic N) is 1. The summed E-state index contributed by atoms with van der Waals surface area (Å²) in [6, 6.07) is 0.166. The van der Waals surface area contributed by atoms with Crippen molar-refractivity contribution in [3.05, 3.63) is 0 Å². The maximum Gasteiger partial charge on any atom is 0.0394 e. The standard InChI is InChI=1S/C8H16ClN.ClH/c1-10-7-3-2-4-8(10)5-6-9;/h8H,2-7H2,1H3;1H/i1D3;. The highest BCUT2D eigenvalue weighted by Crippen LogP contribution is 2.17. The summed E-state index contributed by atoms with van der Waals surface area (Å²) in [5.41, 5.74) is 0. The molecule has 1 heterocycles. The Kier molecular flexibility index (Phi) is 3.88. The van der Waals surface area contributed by atoms with Crippen molar-refractivity contribution in [1.29, 1.82) is 0 Å². The van der Waals surface area contributed by atoms with E-state index in [2.05, 4.69) is 0 Å². The SMILES string of the molecule is Cl.[2H]C([2H])([2H])N1CCCCC1CCCl. The molecule has 0 aromatic carbocycles. The number of likely N-dealkylation sites (tertiary alicyclic amines) is 1. The van der Waals surface area contributed by atoms with Gasteiger partial charge in [0, 0.05) is 16.0 Å². The maximum atomic E-state index is 7.35. The molecule has 11 heavy (non-hydrogen) atoms. The van der Waals surface area contributed by atoms with E-state index in [4.69, 9.17) is 15.7 Å². The van der Waals surface area contributed by atoms with E-state index in [-0.39, 0.29) is 18.4 Å². The van der Waals surface area contributed by atoms with Crippen molar-refractivity contribution in [1.82, 2.24) is 4.90 Å². The van der Waals surface area contributed by atoms with Gasteiger partial charge < -0.3 is 4.90 Å². The Morgan fingerprint density at radius 1 is 1.64 bits per heavy atom. The van der Waals surface area contributed by atoms with Crippen LogP contribution in [0.3, 0.4) is 0 Å². The minimum absolute atomic E-state index is 0. The van der Waals surface area contributed by atoms with Crippen LogP contribution in [0.5, 0.6) is 0 Å². The zero-order valence-electron chi connectivity index (χ0n) is 9.55. The molecule has 0 amide bonds. The van der Waals surface area contributed by atoms with Gasteiger partial charge in [0.15, 0.2) is 0 Å². The van der Waals surface area contributed by atoms with Gasteiger partial charge in [-0.25, -0.2) is 0 Å². The summed E-state index contributed by atoms with van der Waals surface area (Å²) in [5.74, 6) is 0.553. The number of hydrogen-bond donors (Lipinski definition) is 0. The minimum atomic E-state index is -1.93. The number of halogens is 2. The Bertz CT molecular complexity index is 161. The van der Waals surface area contributed by atoms with E-state index in [1.165, 1.54) is 0 Å². The molecule has 1 fully saturated rings. The van der Waals surface area contributed by atoms with Crippen LogP contribution in [0.4, 0.5) is 0 Å². The van der Waals surface area contributed by atoms with E-state index < -0.39 is 6.98 Å². The van der Waals surface area contributed by atoms with Crippen LogP contribution in [0, 0.1) is 0 Å². The summed E-state index contributed by atoms with van der Waals surface area (Å²) in [7, 11) is 0. The van der Waals surface area contributed by atoms with Gasteiger partial charge in [0.05, 0.1) is 0 Å². The molecule has 0 spiro atoms. The first-order valence-corrected chi connectivity index (χ1v) is 4.42. The number of rotatable bonds is 2. The van der Waals surface area contributed by atoms with Crippen molar-refractivity contribution in [2.75, 3.05) is 19.4 Å². The smallest absolute Gasteiger partial charge is 0.0394 e. The zero-order chi connectivity index (χ0) is 9.90. The van der Waals surface area contributed by atoms with Crippen LogP contribution in [0.1, 0.15) is 29.8 Å². The highest BCUT2D eigenvalue weighted by molar-refractivity contribution is 6.17. The highest BCUT2D eigenvalue weighted by Gasteiger charge is 2.17. The first-order valence-electron chi connectivity index (χ1n) is 5.38. The molecule has 3 heteroatoms. The predicted octanol–water partition coefficient (Wildman–Crippen LogP) is 2.52. The normalized spacial score (nSPS) is 31.4. The Balaban J connectivity index is 0.00000169. The minimum Gasteiger partial charge on any atom is -0.303 e. The van der Waals surface area contributed by atoms with Crippen molar-refractivity contribution in [2.24, 2.45) is 0 Å². The van der Waals surface area contributed by atoms with E-state index in [9.17, 15) is 0 Å². The summed E-state index contributed by atoms with van der Waals surface area (Å²) in [6.45, 7) is -1.24. The molecule has 1 aliphatic heterocycles. The summed E-state index contributed by atoms with van der Waals surface area (Å²) >= 11 is 5.64. The first kappa shape index (κ1) is 6.99. The van der Waals surface area contributed by atoms with Crippen molar-refractivity contribution in [2.45, 2.75) is 31.7 Å². The molecule has 0 aromatic rings. The van der Waals surface area contributed by atoms with Crippen LogP contribution >= 0.6 is 24.0 Å². The molecule has 0 aliphatic carbocycles. The van der Waals surface area contributed by atoms with Gasteiger partial charge in [0.2, 0.25) is 0 Å². The van der Waals surface area contributed by atoms with Gasteiger partial charge in [0.25, 0.3) is 0 Å². The predicted molar refractivity (Wildman–Crippen MR) is 52.9 cm³/mol. The van der Waals surface area contributed by atoms with E-state index in [1.54, 1.807) is 4.90 Å². The average molecular weight is 201 g/mol. The molecule has 68 valence electrons. The fraction of sp³-hybridized carbons (Fsp3) is 1.00. The highest BCUT2D eigenvalue weighted by atomic mass is 35.5. The van der Waals surface area contributed by atoms with Crippen molar-refractivity contribution in [3.8, 4) is 0 Å². The third-order valence-electron chi connectivity index (χ3n) is 2.07. The summed E-state index contributed by atoms with van der Waals surface area (Å²) in [6.07, 6.45) is 3.90. The molecule has 1 saturated heterocycles. The largest absolute Gasteiger partial charge is 0.303 e. The van der Waals surface area contributed by atoms with Crippen LogP contribution in [0.15, 0.2) is 0 Å². The lowest BCUT2D eigenvalue weighted by Gasteiger charge is -2.31. The molecular weight excluding hydrogens is 181 g/mol. The van der Waals surface area contributed by atoms with Crippen molar-refractivity contribution in [3.63, 3.8) is 0 Å². The molecule has 0 radical (unpaired) electrons. The lowest BCUT2D eigenvalue weighted by Crippen LogP contribution is -2.36. The van der Waals surface area contributed by atoms with Gasteiger partial charge in [-0.1, -0.05) is 6.42 Å².